The molecule has 12 nitrogen and oxygen atoms in total. The lowest BCUT2D eigenvalue weighted by Gasteiger charge is -2.23. The van der Waals surface area contributed by atoms with E-state index in [1.807, 2.05) is 36.4 Å². The molecule has 0 spiro atoms. The molecule has 4 rings (SSSR count). The quantitative estimate of drug-likeness (QED) is 0.0427. The first-order valence-corrected chi connectivity index (χ1v) is 20.9. The van der Waals surface area contributed by atoms with E-state index in [1.54, 1.807) is 0 Å². The van der Waals surface area contributed by atoms with Crippen LogP contribution in [0.5, 0.6) is 0 Å². The smallest absolute Gasteiger partial charge is 0.241 e. The first kappa shape index (κ1) is 40.4. The number of sulfonamides is 1. The van der Waals surface area contributed by atoms with Crippen molar-refractivity contribution >= 4 is 36.8 Å². The molecule has 280 valence electrons. The lowest BCUT2D eigenvalue weighted by atomic mass is 9.93. The second kappa shape index (κ2) is 18.9. The molecule has 5 N–H and O–H groups in total. The van der Waals surface area contributed by atoms with Gasteiger partial charge in [-0.05, 0) is 116 Å². The Labute approximate surface area is 303 Å². The molecule has 0 atom stereocenters. The summed E-state index contributed by atoms with van der Waals surface area (Å²) in [5.74, 6) is 0.549. The van der Waals surface area contributed by atoms with Crippen molar-refractivity contribution < 1.29 is 25.8 Å². The lowest BCUT2D eigenvalue weighted by Crippen LogP contribution is -2.29. The van der Waals surface area contributed by atoms with Gasteiger partial charge in [0.25, 0.3) is 0 Å². The molecular weight excluding hydrogens is 689 g/mol. The molecule has 0 saturated carbocycles. The molecule has 1 aliphatic carbocycles. The Bertz CT molecular complexity index is 2000. The van der Waals surface area contributed by atoms with E-state index < -0.39 is 25.0 Å². The molecule has 1 heterocycles. The van der Waals surface area contributed by atoms with E-state index >= 15 is 0 Å². The van der Waals surface area contributed by atoms with Gasteiger partial charge in [0.2, 0.25) is 15.4 Å². The van der Waals surface area contributed by atoms with Gasteiger partial charge in [0, 0.05) is 59.5 Å². The van der Waals surface area contributed by atoms with Crippen molar-refractivity contribution in [1.29, 1.82) is 0 Å². The van der Waals surface area contributed by atoms with Crippen molar-refractivity contribution in [2.75, 3.05) is 70.3 Å². The second-order valence-corrected chi connectivity index (χ2v) is 15.5. The standard InChI is InChI=1S/C37H54N6O6S2/c1-5-42(6-2)28-13-16-31-34(25-28)49-35-26-29(43(7-3)8-4)14-17-32(35)37(31)33-18-15-30(51(46,47)48)27-36(33)50(44,45)41-24-12-23-40-21-10-9-20-39-22-11-19-38/h13-18,25-27,39-41H,5-12,19-24,38H2,1-4H3. The molecule has 0 unspecified atom stereocenters. The zero-order chi connectivity index (χ0) is 37.0. The van der Waals surface area contributed by atoms with E-state index in [0.717, 1.165) is 82.2 Å². The fraction of sp³-hybridized carbons (Fsp3) is 0.486. The van der Waals surface area contributed by atoms with E-state index in [-0.39, 0.29) is 17.0 Å². The van der Waals surface area contributed by atoms with Gasteiger partial charge in [0.1, 0.15) is 34.6 Å². The van der Waals surface area contributed by atoms with Crippen LogP contribution < -0.4 is 35.9 Å². The third-order valence-corrected chi connectivity index (χ3v) is 11.4. The molecule has 2 aromatic rings. The Morgan fingerprint density at radius 3 is 2.04 bits per heavy atom. The number of nitrogens with zero attached hydrogens (tertiary/aromatic N) is 2. The van der Waals surface area contributed by atoms with Crippen molar-refractivity contribution in [2.45, 2.75) is 63.2 Å². The Morgan fingerprint density at radius 1 is 0.765 bits per heavy atom. The summed E-state index contributed by atoms with van der Waals surface area (Å²) < 4.78 is 75.9. The maximum absolute atomic E-state index is 14.0. The number of rotatable bonds is 21. The molecular formula is C37H54N6O6S2. The second-order valence-electron chi connectivity index (χ2n) is 12.4. The highest BCUT2D eigenvalue weighted by Crippen LogP contribution is 2.43. The average molecular weight is 743 g/mol. The highest BCUT2D eigenvalue weighted by Gasteiger charge is 2.27. The van der Waals surface area contributed by atoms with Crippen molar-refractivity contribution in [1.82, 2.24) is 19.9 Å². The topological polar surface area (TPSA) is 173 Å². The maximum atomic E-state index is 14.0. The Kier molecular flexibility index (Phi) is 15.0. The van der Waals surface area contributed by atoms with Crippen LogP contribution in [0, 0.1) is 0 Å². The van der Waals surface area contributed by atoms with Crippen LogP contribution in [0.25, 0.3) is 33.4 Å². The summed E-state index contributed by atoms with van der Waals surface area (Å²) in [6.07, 6.45) is 3.48. The van der Waals surface area contributed by atoms with Crippen molar-refractivity contribution in [3.63, 3.8) is 0 Å². The molecule has 0 aromatic heterocycles. The Morgan fingerprint density at radius 2 is 1.41 bits per heavy atom. The number of unbranched alkanes of at least 4 members (excludes halogenated alkanes) is 1. The monoisotopic (exact) mass is 742 g/mol. The van der Waals surface area contributed by atoms with Gasteiger partial charge in [0.05, 0.1) is 15.9 Å². The molecule has 0 radical (unpaired) electrons. The zero-order valence-electron chi connectivity index (χ0n) is 30.3. The summed E-state index contributed by atoms with van der Waals surface area (Å²) in [7, 11) is -9.23. The van der Waals surface area contributed by atoms with Gasteiger partial charge < -0.3 is 30.2 Å². The van der Waals surface area contributed by atoms with Crippen molar-refractivity contribution in [3.05, 3.63) is 60.0 Å². The van der Waals surface area contributed by atoms with E-state index in [1.165, 1.54) is 12.1 Å². The predicted molar refractivity (Wildman–Crippen MR) is 205 cm³/mol. The zero-order valence-corrected chi connectivity index (χ0v) is 32.0. The minimum absolute atomic E-state index is 0.121. The molecule has 51 heavy (non-hydrogen) atoms. The Balaban J connectivity index is 1.74. The summed E-state index contributed by atoms with van der Waals surface area (Å²) in [6, 6.07) is 15.2. The molecule has 0 amide bonds. The average Bonchev–Trinajstić information content (AvgIpc) is 3.11. The molecule has 1 aliphatic heterocycles. The fourth-order valence-corrected chi connectivity index (χ4v) is 8.17. The van der Waals surface area contributed by atoms with Crippen LogP contribution in [0.2, 0.25) is 0 Å². The highest BCUT2D eigenvalue weighted by atomic mass is 32.2. The van der Waals surface area contributed by atoms with Gasteiger partial charge in [-0.1, -0.05) is 6.07 Å². The minimum atomic E-state index is -4.95. The van der Waals surface area contributed by atoms with Crippen molar-refractivity contribution in [3.8, 4) is 22.5 Å². The van der Waals surface area contributed by atoms with Gasteiger partial charge in [-0.15, -0.1) is 0 Å². The molecule has 2 aromatic carbocycles. The number of fused-ring (bicyclic) bond motifs is 2. The largest absolute Gasteiger partial charge is 0.744 e. The van der Waals surface area contributed by atoms with Crippen LogP contribution in [-0.4, -0.2) is 86.8 Å². The van der Waals surface area contributed by atoms with Crippen LogP contribution in [-0.2, 0) is 20.1 Å². The maximum Gasteiger partial charge on any atom is 0.241 e. The number of nitrogens with two attached hydrogens (primary N) is 1. The number of hydrogen-bond donors (Lipinski definition) is 4. The number of benzene rings is 3. The SMILES string of the molecule is CCN(CC)c1ccc2c(-c3ccc(S(=O)(=O)[O-])cc3S(=O)(=O)NCCCNCCCCNCCCN)c3ccc(=[N+](CC)CC)cc-3oc2c1. The van der Waals surface area contributed by atoms with Gasteiger partial charge in [-0.3, -0.25) is 0 Å². The van der Waals surface area contributed by atoms with Crippen LogP contribution in [0.4, 0.5) is 5.69 Å². The first-order valence-electron chi connectivity index (χ1n) is 18.0. The highest BCUT2D eigenvalue weighted by molar-refractivity contribution is 7.89. The van der Waals surface area contributed by atoms with Crippen LogP contribution in [0.1, 0.15) is 53.4 Å². The number of nitrogens with one attached hydrogen (secondary N) is 3. The predicted octanol–water partition coefficient (Wildman–Crippen LogP) is 3.74. The van der Waals surface area contributed by atoms with Gasteiger partial charge >= 0.3 is 0 Å². The number of hydrogen-bond acceptors (Lipinski definition) is 10. The first-order chi connectivity index (χ1) is 24.5. The Hall–Kier alpha value is -3.37. The molecule has 0 fully saturated rings. The van der Waals surface area contributed by atoms with E-state index in [9.17, 15) is 21.4 Å². The van der Waals surface area contributed by atoms with Crippen LogP contribution >= 0.6 is 0 Å². The minimum Gasteiger partial charge on any atom is -0.744 e. The van der Waals surface area contributed by atoms with Crippen LogP contribution in [0.3, 0.4) is 0 Å². The third kappa shape index (κ3) is 10.4. The lowest BCUT2D eigenvalue weighted by molar-refractivity contribution is 0.463. The summed E-state index contributed by atoms with van der Waals surface area (Å²) in [4.78, 5) is 1.28. The summed E-state index contributed by atoms with van der Waals surface area (Å²) >= 11 is 0. The van der Waals surface area contributed by atoms with Crippen molar-refractivity contribution in [2.24, 2.45) is 5.73 Å². The summed E-state index contributed by atoms with van der Waals surface area (Å²) in [5.41, 5.74) is 8.51. The molecule has 2 aliphatic rings. The van der Waals surface area contributed by atoms with E-state index in [4.69, 9.17) is 10.2 Å². The van der Waals surface area contributed by atoms with E-state index in [0.29, 0.717) is 47.4 Å². The third-order valence-electron chi connectivity index (χ3n) is 9.08. The summed E-state index contributed by atoms with van der Waals surface area (Å²) in [6.45, 7) is 15.5. The van der Waals surface area contributed by atoms with Gasteiger partial charge in [-0.2, -0.15) is 0 Å². The molecule has 14 heteroatoms. The van der Waals surface area contributed by atoms with Crippen LogP contribution in [0.15, 0.2) is 68.8 Å². The molecule has 0 bridgehead atoms. The van der Waals surface area contributed by atoms with Gasteiger partial charge in [0.15, 0.2) is 0 Å². The van der Waals surface area contributed by atoms with E-state index in [2.05, 4.69) is 52.5 Å². The summed E-state index contributed by atoms with van der Waals surface area (Å²) in [5, 5.41) is 8.30. The number of anilines is 1. The normalized spacial score (nSPS) is 12.2. The fourth-order valence-electron chi connectivity index (χ4n) is 6.29. The molecule has 0 saturated heterocycles. The van der Waals surface area contributed by atoms with Gasteiger partial charge in [-0.25, -0.2) is 26.1 Å².